The van der Waals surface area contributed by atoms with Crippen LogP contribution >= 0.6 is 24.8 Å². The molecule has 0 saturated heterocycles. The zero-order chi connectivity index (χ0) is 34.4. The van der Waals surface area contributed by atoms with Crippen molar-refractivity contribution in [1.82, 2.24) is 0 Å². The second-order valence-corrected chi connectivity index (χ2v) is 36.6. The molecular formula is C44H42Cl2Hf2Si2. The van der Waals surface area contributed by atoms with Crippen molar-refractivity contribution in [2.24, 2.45) is 0 Å². The molecule has 8 aliphatic carbocycles. The van der Waals surface area contributed by atoms with Gasteiger partial charge < -0.3 is 0 Å². The second-order valence-electron chi connectivity index (χ2n) is 11.0. The Bertz CT molecular complexity index is 1550. The van der Waals surface area contributed by atoms with Crippen molar-refractivity contribution in [3.8, 4) is 44.5 Å². The number of rotatable bonds is 0. The van der Waals surface area contributed by atoms with Crippen LogP contribution in [0.5, 0.6) is 0 Å². The summed E-state index contributed by atoms with van der Waals surface area (Å²) in [6, 6.07) is 69.6. The average Bonchev–Trinajstić information content (AvgIpc) is 3.78. The minimum atomic E-state index is 0. The molecular weight excluding hydrogens is 1010 g/mol. The van der Waals surface area contributed by atoms with Gasteiger partial charge in [0.2, 0.25) is 0 Å². The minimum Gasteiger partial charge on any atom is -0.168 e. The molecule has 0 fully saturated rings. The molecule has 50 heavy (non-hydrogen) atoms. The largest absolute Gasteiger partial charge is 0.168 e. The predicted molar refractivity (Wildman–Crippen MR) is 217 cm³/mol. The van der Waals surface area contributed by atoms with Gasteiger partial charge in [-0.3, -0.25) is 0 Å². The van der Waals surface area contributed by atoms with E-state index in [9.17, 15) is 0 Å². The van der Waals surface area contributed by atoms with Gasteiger partial charge in [0.1, 0.15) is 0 Å². The Morgan fingerprint density at radius 2 is 0.500 bits per heavy atom. The Labute approximate surface area is 343 Å². The van der Waals surface area contributed by atoms with Gasteiger partial charge >= 0.3 is 83.2 Å². The second kappa shape index (κ2) is 27.2. The molecule has 0 spiro atoms. The van der Waals surface area contributed by atoms with E-state index in [1.165, 1.54) is 90.5 Å². The quantitative estimate of drug-likeness (QED) is 0.105. The number of halogens is 2. The summed E-state index contributed by atoms with van der Waals surface area (Å²) >= 11 is 2.90. The normalized spacial score (nSPS) is 9.12. The molecule has 0 nitrogen and oxygen atoms in total. The SMILES string of the molecule is C[Si](C)=[Hf+2].C[Si](C)=[Hf+2].Cl.Cl.[c-]1ccc2cccccc1-2.[c-]1ccc2cccccc1-2.[c-]1ccc2cccccc1-2.[c-]1ccc2cccccc1-2. The van der Waals surface area contributed by atoms with Gasteiger partial charge in [0.25, 0.3) is 0 Å². The summed E-state index contributed by atoms with van der Waals surface area (Å²) in [4.78, 5) is 0. The maximum atomic E-state index is 3.14. The van der Waals surface area contributed by atoms with Crippen molar-refractivity contribution in [3.63, 3.8) is 0 Å². The van der Waals surface area contributed by atoms with Crippen molar-refractivity contribution in [3.05, 3.63) is 194 Å². The molecule has 0 saturated carbocycles. The Morgan fingerprint density at radius 3 is 0.700 bits per heavy atom. The molecule has 0 amide bonds. The fourth-order valence-corrected chi connectivity index (χ4v) is 4.24. The molecule has 0 N–H and O–H groups in total. The van der Waals surface area contributed by atoms with Crippen LogP contribution in [-0.2, 0) is 46.0 Å². The Kier molecular flexibility index (Phi) is 24.8. The summed E-state index contributed by atoms with van der Waals surface area (Å²) in [6.07, 6.45) is 0. The van der Waals surface area contributed by atoms with Gasteiger partial charge in [-0.25, -0.2) is 0 Å². The van der Waals surface area contributed by atoms with Crippen LogP contribution in [0.1, 0.15) is 0 Å². The van der Waals surface area contributed by atoms with Gasteiger partial charge in [0, 0.05) is 0 Å². The van der Waals surface area contributed by atoms with Crippen molar-refractivity contribution < 1.29 is 46.0 Å². The van der Waals surface area contributed by atoms with Gasteiger partial charge in [-0.2, -0.15) is 70.8 Å². The summed E-state index contributed by atoms with van der Waals surface area (Å²) < 4.78 is 0. The smallest absolute Gasteiger partial charge is 0.0723 e. The van der Waals surface area contributed by atoms with Crippen LogP contribution in [0.3, 0.4) is 0 Å². The summed E-state index contributed by atoms with van der Waals surface area (Å²) in [5.41, 5.74) is 10.3. The summed E-state index contributed by atoms with van der Waals surface area (Å²) in [6.45, 7) is 9.32. The summed E-state index contributed by atoms with van der Waals surface area (Å²) in [5.74, 6) is 0. The van der Waals surface area contributed by atoms with Crippen LogP contribution in [0.4, 0.5) is 0 Å². The molecule has 8 rings (SSSR count). The third-order valence-corrected chi connectivity index (χ3v) is 6.29. The van der Waals surface area contributed by atoms with E-state index in [1.807, 2.05) is 97.1 Å². The number of hydrogen-bond acceptors (Lipinski definition) is 0. The van der Waals surface area contributed by atoms with E-state index in [-0.39, 0.29) is 35.8 Å². The molecule has 6 heteroatoms. The third-order valence-electron chi connectivity index (χ3n) is 6.29. The summed E-state index contributed by atoms with van der Waals surface area (Å²) in [7, 11) is 0. The van der Waals surface area contributed by atoms with Gasteiger partial charge in [-0.1, -0.05) is 48.5 Å². The molecule has 0 heterocycles. The first-order valence-corrected chi connectivity index (χ1v) is 31.6. The molecule has 0 unspecified atom stereocenters. The van der Waals surface area contributed by atoms with Gasteiger partial charge in [0.15, 0.2) is 0 Å². The van der Waals surface area contributed by atoms with Crippen LogP contribution in [0.15, 0.2) is 170 Å². The molecule has 0 aliphatic heterocycles. The van der Waals surface area contributed by atoms with Crippen LogP contribution in [0, 0.1) is 24.3 Å². The first-order chi connectivity index (χ1) is 23.3. The standard InChI is InChI=1S/4C10H7.2C2H6Si.2ClH.2Hf/c4*1-2-5-9-7-4-8-10(9)6-3-1;2*1-3-2;;;;/h4*1-7H;2*1-2H3;2*1H;;/q4*-1;;;;;2*+2. The molecule has 0 radical (unpaired) electrons. The van der Waals surface area contributed by atoms with E-state index in [2.05, 4.69) is 123 Å². The van der Waals surface area contributed by atoms with Crippen LogP contribution in [0.2, 0.25) is 26.2 Å². The Morgan fingerprint density at radius 1 is 0.320 bits per heavy atom. The van der Waals surface area contributed by atoms with Gasteiger partial charge in [0.05, 0.1) is 0 Å². The third kappa shape index (κ3) is 18.7. The van der Waals surface area contributed by atoms with E-state index >= 15 is 0 Å². The zero-order valence-electron chi connectivity index (χ0n) is 29.0. The van der Waals surface area contributed by atoms with Gasteiger partial charge in [-0.05, 0) is 0 Å². The fourth-order valence-electron chi connectivity index (χ4n) is 4.24. The maximum absolute atomic E-state index is 3.14. The maximum Gasteiger partial charge on any atom is -0.0723 e. The first-order valence-electron chi connectivity index (χ1n) is 15.8. The van der Waals surface area contributed by atoms with Crippen molar-refractivity contribution in [1.29, 1.82) is 0 Å². The molecule has 0 bridgehead atoms. The molecule has 0 aromatic rings. The Balaban J connectivity index is 0.000000308. The van der Waals surface area contributed by atoms with E-state index in [0.29, 0.717) is 0 Å². The van der Waals surface area contributed by atoms with E-state index in [0.717, 1.165) is 0 Å². The number of hydrogen-bond donors (Lipinski definition) is 0. The molecule has 8 aliphatic rings. The van der Waals surface area contributed by atoms with Crippen molar-refractivity contribution >= 4 is 35.8 Å². The molecule has 0 aromatic carbocycles. The monoisotopic (exact) mass is 1060 g/mol. The van der Waals surface area contributed by atoms with E-state index in [1.54, 1.807) is 0 Å². The van der Waals surface area contributed by atoms with Crippen LogP contribution in [0.25, 0.3) is 44.5 Å². The minimum absolute atomic E-state index is 0. The van der Waals surface area contributed by atoms with E-state index < -0.39 is 0 Å². The van der Waals surface area contributed by atoms with E-state index in [4.69, 9.17) is 0 Å². The Hall–Kier alpha value is -2.45. The first kappa shape index (κ1) is 45.6. The fraction of sp³-hybridized carbons (Fsp3) is 0.0909. The van der Waals surface area contributed by atoms with Crippen molar-refractivity contribution in [2.75, 3.05) is 0 Å². The van der Waals surface area contributed by atoms with Crippen LogP contribution < -0.4 is 0 Å². The average molecular weight is 1050 g/mol. The molecule has 0 aromatic heterocycles. The predicted octanol–water partition coefficient (Wildman–Crippen LogP) is 12.8. The molecule has 248 valence electrons. The number of fused-ring (bicyclic) bond motifs is 4. The zero-order valence-corrected chi connectivity index (χ0v) is 39.8. The van der Waals surface area contributed by atoms with Crippen molar-refractivity contribution in [2.45, 2.75) is 26.2 Å². The molecule has 0 atom stereocenters. The van der Waals surface area contributed by atoms with Crippen LogP contribution in [-0.4, -0.2) is 11.0 Å². The summed E-state index contributed by atoms with van der Waals surface area (Å²) in [5, 5.41) is 0. The van der Waals surface area contributed by atoms with Gasteiger partial charge in [-0.15, -0.1) is 144 Å². The topological polar surface area (TPSA) is 0 Å².